The molecule has 0 fully saturated rings. The van der Waals surface area contributed by atoms with E-state index in [2.05, 4.69) is 194 Å². The molecule has 3 nitrogen and oxygen atoms in total. The third-order valence-electron chi connectivity index (χ3n) is 12.6. The second-order valence-electron chi connectivity index (χ2n) is 15.9. The van der Waals surface area contributed by atoms with Gasteiger partial charge in [-0.25, -0.2) is 9.97 Å². The number of hydrogen-bond donors (Lipinski definition) is 0. The predicted octanol–water partition coefficient (Wildman–Crippen LogP) is 13.4. The van der Waals surface area contributed by atoms with E-state index in [4.69, 9.17) is 15.0 Å². The summed E-state index contributed by atoms with van der Waals surface area (Å²) in [5.74, 6) is 0.946. The van der Waals surface area contributed by atoms with Crippen molar-refractivity contribution < 1.29 is 0 Å². The Balaban J connectivity index is 0.849. The molecular formula is C55H37N3. The standard InChI is InChI=1S/C55H37N3/c1-2-10-35(11-3-1)49-29-24-36-17-18-37-25-30-50(57-55(37)54(36)56-49)42-23-27-45-41(33-42)20-19-40-31-39(22-26-44(40)45)38-12-8-13-43(32-38)53-48-28-21-34-9-4-5-14-46(34)52(48)47-15-6-7-16-51(47)58-53/h1-33,41,45,48,52H. The molecule has 0 amide bonds. The number of hydrogen-bond acceptors (Lipinski definition) is 3. The van der Waals surface area contributed by atoms with Gasteiger partial charge >= 0.3 is 0 Å². The van der Waals surface area contributed by atoms with Gasteiger partial charge in [-0.3, -0.25) is 4.99 Å². The van der Waals surface area contributed by atoms with Crippen LogP contribution in [0.5, 0.6) is 0 Å². The smallest absolute Gasteiger partial charge is 0.0972 e. The highest BCUT2D eigenvalue weighted by atomic mass is 14.8. The van der Waals surface area contributed by atoms with Crippen molar-refractivity contribution in [2.24, 2.45) is 16.8 Å². The lowest BCUT2D eigenvalue weighted by molar-refractivity contribution is 0.694. The van der Waals surface area contributed by atoms with E-state index >= 15 is 0 Å². The quantitative estimate of drug-likeness (QED) is 0.169. The summed E-state index contributed by atoms with van der Waals surface area (Å²) in [6, 6.07) is 56.7. The molecular weight excluding hydrogens is 703 g/mol. The molecule has 0 radical (unpaired) electrons. The van der Waals surface area contributed by atoms with E-state index in [1.807, 2.05) is 6.07 Å². The number of nitrogens with zero attached hydrogens (tertiary/aromatic N) is 3. The summed E-state index contributed by atoms with van der Waals surface area (Å²) in [5.41, 5.74) is 18.5. The van der Waals surface area contributed by atoms with Gasteiger partial charge in [-0.15, -0.1) is 0 Å². The fraction of sp³-hybridized carbons (Fsp3) is 0.0727. The van der Waals surface area contributed by atoms with Crippen molar-refractivity contribution in [1.82, 2.24) is 9.97 Å². The third-order valence-corrected chi connectivity index (χ3v) is 12.6. The van der Waals surface area contributed by atoms with Crippen molar-refractivity contribution >= 4 is 50.9 Å². The van der Waals surface area contributed by atoms with Crippen LogP contribution < -0.4 is 0 Å². The number of aromatic nitrogens is 2. The van der Waals surface area contributed by atoms with Crippen molar-refractivity contribution in [2.45, 2.75) is 11.8 Å². The van der Waals surface area contributed by atoms with Gasteiger partial charge in [-0.05, 0) is 80.4 Å². The van der Waals surface area contributed by atoms with Crippen LogP contribution in [0.2, 0.25) is 0 Å². The van der Waals surface area contributed by atoms with Crippen molar-refractivity contribution in [2.75, 3.05) is 0 Å². The molecule has 3 heterocycles. The highest BCUT2D eigenvalue weighted by Gasteiger charge is 2.36. The molecule has 4 unspecified atom stereocenters. The van der Waals surface area contributed by atoms with E-state index in [1.54, 1.807) is 0 Å². The third kappa shape index (κ3) is 5.38. The zero-order chi connectivity index (χ0) is 38.2. The van der Waals surface area contributed by atoms with Gasteiger partial charge in [0.1, 0.15) is 0 Å². The molecule has 58 heavy (non-hydrogen) atoms. The SMILES string of the molecule is C1=CC2c3ccc(-c4cccc(C5=Nc6ccccc6C6c7ccccc7C=CC56)c4)cc3C=CC2C=C1c1ccc2ccc3ccc(-c4ccccc4)nc3c2n1. The first-order valence-corrected chi connectivity index (χ1v) is 20.3. The van der Waals surface area contributed by atoms with Crippen LogP contribution in [0.15, 0.2) is 193 Å². The van der Waals surface area contributed by atoms with Crippen LogP contribution >= 0.6 is 0 Å². The molecule has 272 valence electrons. The lowest BCUT2D eigenvalue weighted by Crippen LogP contribution is -2.28. The maximum Gasteiger partial charge on any atom is 0.0972 e. The topological polar surface area (TPSA) is 38.1 Å². The Hall–Kier alpha value is -7.23. The van der Waals surface area contributed by atoms with Gasteiger partial charge in [0.05, 0.1) is 33.8 Å². The molecule has 8 aromatic rings. The highest BCUT2D eigenvalue weighted by Crippen LogP contribution is 2.48. The van der Waals surface area contributed by atoms with Gasteiger partial charge in [-0.2, -0.15) is 0 Å². The summed E-state index contributed by atoms with van der Waals surface area (Å²) in [6.07, 6.45) is 16.3. The van der Waals surface area contributed by atoms with Crippen molar-refractivity contribution in [3.05, 3.63) is 227 Å². The summed E-state index contributed by atoms with van der Waals surface area (Å²) < 4.78 is 0. The molecule has 3 aliphatic carbocycles. The largest absolute Gasteiger partial charge is 0.252 e. The molecule has 2 aromatic heterocycles. The van der Waals surface area contributed by atoms with Gasteiger partial charge in [0.25, 0.3) is 0 Å². The minimum absolute atomic E-state index is 0.174. The Morgan fingerprint density at radius 2 is 1.09 bits per heavy atom. The highest BCUT2D eigenvalue weighted by molar-refractivity contribution is 6.08. The van der Waals surface area contributed by atoms with Crippen molar-refractivity contribution in [3.63, 3.8) is 0 Å². The van der Waals surface area contributed by atoms with E-state index < -0.39 is 0 Å². The number of benzene rings is 6. The Labute approximate surface area is 337 Å². The van der Waals surface area contributed by atoms with E-state index in [0.29, 0.717) is 0 Å². The van der Waals surface area contributed by atoms with Crippen LogP contribution in [0.4, 0.5) is 5.69 Å². The lowest BCUT2D eigenvalue weighted by Gasteiger charge is -2.35. The van der Waals surface area contributed by atoms with Gasteiger partial charge in [0, 0.05) is 40.0 Å². The summed E-state index contributed by atoms with van der Waals surface area (Å²) in [5, 5.41) is 2.19. The minimum Gasteiger partial charge on any atom is -0.252 e. The van der Waals surface area contributed by atoms with Gasteiger partial charge in [0.15, 0.2) is 0 Å². The van der Waals surface area contributed by atoms with Crippen molar-refractivity contribution in [3.8, 4) is 22.4 Å². The Kier molecular flexibility index (Phi) is 7.49. The predicted molar refractivity (Wildman–Crippen MR) is 240 cm³/mol. The summed E-state index contributed by atoms with van der Waals surface area (Å²) in [6.45, 7) is 0. The van der Waals surface area contributed by atoms with Gasteiger partial charge in [-0.1, -0.05) is 170 Å². The fourth-order valence-electron chi connectivity index (χ4n) is 9.71. The summed E-state index contributed by atoms with van der Waals surface area (Å²) in [4.78, 5) is 15.7. The molecule has 0 saturated heterocycles. The van der Waals surface area contributed by atoms with Crippen LogP contribution in [0, 0.1) is 11.8 Å². The molecule has 3 heteroatoms. The Bertz CT molecular complexity index is 3140. The average Bonchev–Trinajstić information content (AvgIpc) is 3.30. The number of para-hydroxylation sites is 1. The maximum absolute atomic E-state index is 5.33. The summed E-state index contributed by atoms with van der Waals surface area (Å²) >= 11 is 0. The molecule has 0 N–H and O–H groups in total. The molecule has 0 bridgehead atoms. The number of fused-ring (bicyclic) bond motifs is 11. The van der Waals surface area contributed by atoms with E-state index in [9.17, 15) is 0 Å². The van der Waals surface area contributed by atoms with Gasteiger partial charge in [0.2, 0.25) is 0 Å². The molecule has 4 atom stereocenters. The Morgan fingerprint density at radius 3 is 1.97 bits per heavy atom. The number of aliphatic imine (C=N–C) groups is 1. The van der Waals surface area contributed by atoms with Crippen LogP contribution in [0.1, 0.15) is 50.9 Å². The van der Waals surface area contributed by atoms with Crippen molar-refractivity contribution in [1.29, 1.82) is 0 Å². The zero-order valence-corrected chi connectivity index (χ0v) is 31.7. The van der Waals surface area contributed by atoms with Gasteiger partial charge < -0.3 is 0 Å². The molecule has 12 rings (SSSR count). The molecule has 0 spiro atoms. The van der Waals surface area contributed by atoms with Crippen LogP contribution in [0.3, 0.4) is 0 Å². The molecule has 1 aliphatic heterocycles. The van der Waals surface area contributed by atoms with E-state index in [1.165, 1.54) is 44.5 Å². The van der Waals surface area contributed by atoms with Crippen LogP contribution in [-0.2, 0) is 0 Å². The first-order chi connectivity index (χ1) is 28.7. The van der Waals surface area contributed by atoms with E-state index in [-0.39, 0.29) is 23.7 Å². The molecule has 6 aromatic carbocycles. The van der Waals surface area contributed by atoms with E-state index in [0.717, 1.165) is 55.7 Å². The zero-order valence-electron chi connectivity index (χ0n) is 31.7. The number of pyridine rings is 2. The monoisotopic (exact) mass is 739 g/mol. The Morgan fingerprint density at radius 1 is 0.414 bits per heavy atom. The first kappa shape index (κ1) is 33.0. The summed E-state index contributed by atoms with van der Waals surface area (Å²) in [7, 11) is 0. The minimum atomic E-state index is 0.174. The lowest BCUT2D eigenvalue weighted by atomic mass is 9.70. The average molecular weight is 740 g/mol. The second kappa shape index (κ2) is 13.2. The first-order valence-electron chi connectivity index (χ1n) is 20.3. The fourth-order valence-corrected chi connectivity index (χ4v) is 9.71. The van der Waals surface area contributed by atoms with Crippen LogP contribution in [-0.4, -0.2) is 15.7 Å². The normalized spacial score (nSPS) is 19.7. The maximum atomic E-state index is 5.33. The molecule has 4 aliphatic rings. The second-order valence-corrected chi connectivity index (χ2v) is 15.9. The van der Waals surface area contributed by atoms with Crippen LogP contribution in [0.25, 0.3) is 61.9 Å². The number of rotatable bonds is 4. The number of allylic oxidation sites excluding steroid dienone is 6. The molecule has 0 saturated carbocycles.